The van der Waals surface area contributed by atoms with Crippen molar-refractivity contribution < 1.29 is 4.74 Å². The smallest absolute Gasteiger partial charge is 0.117 e. The van der Waals surface area contributed by atoms with Crippen molar-refractivity contribution in [1.29, 1.82) is 0 Å². The van der Waals surface area contributed by atoms with Gasteiger partial charge in [0, 0.05) is 32.1 Å². The number of nitrogens with zero attached hydrogens (tertiary/aromatic N) is 3. The van der Waals surface area contributed by atoms with Crippen molar-refractivity contribution in [2.24, 2.45) is 0 Å². The standard InChI is InChI=1S/C23H29N3O/c1-2-20(19-9-4-3-5-10-19)23-24-21-11-6-7-12-22(21)26(23)14-8-13-25-15-17-27-18-16-25/h3-7,9-12,20H,2,8,13-18H2,1H3. The van der Waals surface area contributed by atoms with E-state index in [0.29, 0.717) is 5.92 Å². The lowest BCUT2D eigenvalue weighted by molar-refractivity contribution is 0.0369. The van der Waals surface area contributed by atoms with Crippen LogP contribution in [0.25, 0.3) is 11.0 Å². The lowest BCUT2D eigenvalue weighted by Gasteiger charge is -2.26. The lowest BCUT2D eigenvalue weighted by Crippen LogP contribution is -2.37. The van der Waals surface area contributed by atoms with Gasteiger partial charge in [-0.25, -0.2) is 4.98 Å². The number of benzene rings is 2. The number of aromatic nitrogens is 2. The summed E-state index contributed by atoms with van der Waals surface area (Å²) in [4.78, 5) is 7.57. The number of hydrogen-bond acceptors (Lipinski definition) is 3. The van der Waals surface area contributed by atoms with Crippen LogP contribution in [0.1, 0.15) is 37.1 Å². The van der Waals surface area contributed by atoms with E-state index in [2.05, 4.69) is 71.0 Å². The van der Waals surface area contributed by atoms with Crippen molar-refractivity contribution in [2.75, 3.05) is 32.8 Å². The minimum atomic E-state index is 0.335. The highest BCUT2D eigenvalue weighted by Crippen LogP contribution is 2.30. The predicted molar refractivity (Wildman–Crippen MR) is 110 cm³/mol. The van der Waals surface area contributed by atoms with Gasteiger partial charge in [-0.15, -0.1) is 0 Å². The van der Waals surface area contributed by atoms with Gasteiger partial charge >= 0.3 is 0 Å². The molecule has 0 saturated carbocycles. The molecule has 1 aliphatic rings. The van der Waals surface area contributed by atoms with Crippen LogP contribution < -0.4 is 0 Å². The number of morpholine rings is 1. The summed E-state index contributed by atoms with van der Waals surface area (Å²) in [5.41, 5.74) is 3.71. The second kappa shape index (κ2) is 8.68. The van der Waals surface area contributed by atoms with E-state index in [-0.39, 0.29) is 0 Å². The Hall–Kier alpha value is -2.17. The fraction of sp³-hybridized carbons (Fsp3) is 0.435. The number of imidazole rings is 1. The molecule has 142 valence electrons. The molecule has 1 aromatic heterocycles. The molecule has 4 heteroatoms. The summed E-state index contributed by atoms with van der Waals surface area (Å²) in [7, 11) is 0. The maximum atomic E-state index is 5.47. The van der Waals surface area contributed by atoms with E-state index in [4.69, 9.17) is 9.72 Å². The highest BCUT2D eigenvalue weighted by Gasteiger charge is 2.20. The van der Waals surface area contributed by atoms with Crippen LogP contribution in [-0.2, 0) is 11.3 Å². The zero-order chi connectivity index (χ0) is 18.5. The Balaban J connectivity index is 1.60. The largest absolute Gasteiger partial charge is 0.379 e. The first-order valence-electron chi connectivity index (χ1n) is 10.2. The molecule has 1 aliphatic heterocycles. The van der Waals surface area contributed by atoms with Crippen molar-refractivity contribution >= 4 is 11.0 Å². The second-order valence-corrected chi connectivity index (χ2v) is 7.29. The lowest BCUT2D eigenvalue weighted by atomic mass is 9.95. The first-order chi connectivity index (χ1) is 13.4. The number of para-hydroxylation sites is 2. The molecule has 1 fully saturated rings. The van der Waals surface area contributed by atoms with Crippen LogP contribution in [0.3, 0.4) is 0 Å². The van der Waals surface area contributed by atoms with Crippen LogP contribution in [0.15, 0.2) is 54.6 Å². The Kier molecular flexibility index (Phi) is 5.85. The molecule has 0 radical (unpaired) electrons. The summed E-state index contributed by atoms with van der Waals surface area (Å²) in [6.07, 6.45) is 2.19. The van der Waals surface area contributed by atoms with E-state index >= 15 is 0 Å². The number of ether oxygens (including phenoxy) is 1. The number of aryl methyl sites for hydroxylation is 1. The van der Waals surface area contributed by atoms with Crippen LogP contribution in [-0.4, -0.2) is 47.3 Å². The summed E-state index contributed by atoms with van der Waals surface area (Å²) >= 11 is 0. The molecule has 0 N–H and O–H groups in total. The van der Waals surface area contributed by atoms with Crippen LogP contribution in [0, 0.1) is 0 Å². The van der Waals surface area contributed by atoms with Gasteiger partial charge in [-0.1, -0.05) is 49.4 Å². The quantitative estimate of drug-likeness (QED) is 0.627. The molecular weight excluding hydrogens is 334 g/mol. The molecule has 1 atom stereocenters. The average Bonchev–Trinajstić information content (AvgIpc) is 3.09. The maximum absolute atomic E-state index is 5.47. The fourth-order valence-electron chi connectivity index (χ4n) is 4.13. The van der Waals surface area contributed by atoms with Gasteiger partial charge in [0.2, 0.25) is 0 Å². The third-order valence-corrected chi connectivity index (χ3v) is 5.57. The summed E-state index contributed by atoms with van der Waals surface area (Å²) < 4.78 is 7.92. The Labute approximate surface area is 161 Å². The van der Waals surface area contributed by atoms with E-state index < -0.39 is 0 Å². The molecule has 4 rings (SSSR count). The fourth-order valence-corrected chi connectivity index (χ4v) is 4.13. The zero-order valence-electron chi connectivity index (χ0n) is 16.2. The summed E-state index contributed by atoms with van der Waals surface area (Å²) in [5.74, 6) is 1.54. The molecule has 4 nitrogen and oxygen atoms in total. The molecule has 3 aromatic rings. The minimum absolute atomic E-state index is 0.335. The van der Waals surface area contributed by atoms with Crippen LogP contribution in [0.4, 0.5) is 0 Å². The highest BCUT2D eigenvalue weighted by molar-refractivity contribution is 5.76. The van der Waals surface area contributed by atoms with Gasteiger partial charge in [0.25, 0.3) is 0 Å². The van der Waals surface area contributed by atoms with Gasteiger partial charge in [0.15, 0.2) is 0 Å². The third kappa shape index (κ3) is 4.07. The number of fused-ring (bicyclic) bond motifs is 1. The predicted octanol–water partition coefficient (Wildman–Crippen LogP) is 4.30. The molecule has 0 bridgehead atoms. The molecular formula is C23H29N3O. The highest BCUT2D eigenvalue weighted by atomic mass is 16.5. The molecule has 0 spiro atoms. The minimum Gasteiger partial charge on any atom is -0.379 e. The monoisotopic (exact) mass is 363 g/mol. The van der Waals surface area contributed by atoms with E-state index in [0.717, 1.165) is 57.8 Å². The number of hydrogen-bond donors (Lipinski definition) is 0. The van der Waals surface area contributed by atoms with Crippen molar-refractivity contribution in [3.63, 3.8) is 0 Å². The molecule has 1 unspecified atom stereocenters. The van der Waals surface area contributed by atoms with Crippen molar-refractivity contribution in [1.82, 2.24) is 14.5 Å². The molecule has 2 aromatic carbocycles. The van der Waals surface area contributed by atoms with Gasteiger partial charge in [-0.05, 0) is 30.5 Å². The summed E-state index contributed by atoms with van der Waals surface area (Å²) in [5, 5.41) is 0. The second-order valence-electron chi connectivity index (χ2n) is 7.29. The third-order valence-electron chi connectivity index (χ3n) is 5.57. The summed E-state index contributed by atoms with van der Waals surface area (Å²) in [6.45, 7) is 8.23. The molecule has 27 heavy (non-hydrogen) atoms. The Morgan fingerprint density at radius 2 is 1.70 bits per heavy atom. The zero-order valence-corrected chi connectivity index (χ0v) is 16.2. The average molecular weight is 364 g/mol. The van der Waals surface area contributed by atoms with E-state index in [1.165, 1.54) is 16.9 Å². The molecule has 0 aliphatic carbocycles. The van der Waals surface area contributed by atoms with Gasteiger partial charge in [0.05, 0.1) is 24.2 Å². The van der Waals surface area contributed by atoms with Gasteiger partial charge in [-0.2, -0.15) is 0 Å². The first kappa shape index (κ1) is 18.2. The topological polar surface area (TPSA) is 30.3 Å². The SMILES string of the molecule is CCC(c1ccccc1)c1nc2ccccc2n1CCCN1CCOCC1. The van der Waals surface area contributed by atoms with Crippen molar-refractivity contribution in [2.45, 2.75) is 32.2 Å². The van der Waals surface area contributed by atoms with E-state index in [9.17, 15) is 0 Å². The Bertz CT molecular complexity index is 852. The van der Waals surface area contributed by atoms with Crippen molar-refractivity contribution in [3.8, 4) is 0 Å². The van der Waals surface area contributed by atoms with Crippen molar-refractivity contribution in [3.05, 3.63) is 66.0 Å². The summed E-state index contributed by atoms with van der Waals surface area (Å²) in [6, 6.07) is 19.3. The Morgan fingerprint density at radius 1 is 0.963 bits per heavy atom. The van der Waals surface area contributed by atoms with Crippen LogP contribution in [0.5, 0.6) is 0 Å². The van der Waals surface area contributed by atoms with Crippen LogP contribution in [0.2, 0.25) is 0 Å². The van der Waals surface area contributed by atoms with Gasteiger partial charge in [-0.3, -0.25) is 4.90 Å². The first-order valence-corrected chi connectivity index (χ1v) is 10.2. The Morgan fingerprint density at radius 3 is 2.48 bits per heavy atom. The molecule has 1 saturated heterocycles. The molecule has 2 heterocycles. The van der Waals surface area contributed by atoms with Gasteiger partial charge < -0.3 is 9.30 Å². The normalized spacial score (nSPS) is 16.6. The van der Waals surface area contributed by atoms with Crippen LogP contribution >= 0.6 is 0 Å². The van der Waals surface area contributed by atoms with Gasteiger partial charge in [0.1, 0.15) is 5.82 Å². The number of rotatable bonds is 7. The molecule has 0 amide bonds. The van der Waals surface area contributed by atoms with E-state index in [1.807, 2.05) is 0 Å². The maximum Gasteiger partial charge on any atom is 0.117 e. The van der Waals surface area contributed by atoms with E-state index in [1.54, 1.807) is 0 Å².